The molecule has 2 heterocycles. The minimum Gasteiger partial charge on any atom is -0.354 e. The minimum atomic E-state index is 0.943. The van der Waals surface area contributed by atoms with Crippen LogP contribution in [-0.2, 0) is 0 Å². The van der Waals surface area contributed by atoms with Crippen molar-refractivity contribution in [2.75, 3.05) is 0 Å². The van der Waals surface area contributed by atoms with Crippen LogP contribution in [0.1, 0.15) is 27.8 Å². The average Bonchev–Trinajstić information content (AvgIpc) is 3.36. The van der Waals surface area contributed by atoms with Crippen molar-refractivity contribution in [3.63, 3.8) is 0 Å². The van der Waals surface area contributed by atoms with Gasteiger partial charge in [0.2, 0.25) is 0 Å². The summed E-state index contributed by atoms with van der Waals surface area (Å²) in [5.41, 5.74) is 23.8. The molecule has 2 heteroatoms. The molecule has 0 fully saturated rings. The lowest BCUT2D eigenvalue weighted by atomic mass is 9.85. The van der Waals surface area contributed by atoms with Gasteiger partial charge in [-0.3, -0.25) is 0 Å². The summed E-state index contributed by atoms with van der Waals surface area (Å²) in [6.45, 7) is 4.21. The summed E-state index contributed by atoms with van der Waals surface area (Å²) in [7, 11) is 0. The summed E-state index contributed by atoms with van der Waals surface area (Å²) in [6, 6.07) is 81.3. The van der Waals surface area contributed by atoms with Gasteiger partial charge in [0, 0.05) is 33.5 Å². The van der Waals surface area contributed by atoms with Crippen LogP contribution in [0, 0.1) is 0 Å². The highest BCUT2D eigenvalue weighted by Gasteiger charge is 2.24. The molecule has 0 aliphatic carbocycles. The molecule has 0 atom stereocenters. The van der Waals surface area contributed by atoms with Crippen LogP contribution in [0.15, 0.2) is 243 Å². The number of rotatable bonds is 9. The van der Waals surface area contributed by atoms with Crippen molar-refractivity contribution in [2.45, 2.75) is 0 Å². The number of nitrogens with one attached hydrogen (secondary N) is 1. The monoisotopic (exact) mass is 790 g/mol. The zero-order valence-corrected chi connectivity index (χ0v) is 34.2. The largest absolute Gasteiger partial charge is 0.354 e. The summed E-state index contributed by atoms with van der Waals surface area (Å²) < 4.78 is 0. The lowest BCUT2D eigenvalue weighted by Gasteiger charge is -2.27. The molecular weight excluding hydrogens is 749 g/mol. The Bertz CT molecular complexity index is 3100. The van der Waals surface area contributed by atoms with E-state index in [2.05, 4.69) is 236 Å². The number of hydrogen-bond acceptors (Lipinski definition) is 2. The third-order valence-corrected chi connectivity index (χ3v) is 11.5. The van der Waals surface area contributed by atoms with E-state index >= 15 is 0 Å². The second kappa shape index (κ2) is 17.1. The Morgan fingerprint density at radius 3 is 1.34 bits per heavy atom. The third-order valence-electron chi connectivity index (χ3n) is 11.5. The number of pyridine rings is 1. The van der Waals surface area contributed by atoms with E-state index in [9.17, 15) is 0 Å². The summed E-state index contributed by atoms with van der Waals surface area (Å²) in [4.78, 5) is 5.12. The maximum atomic E-state index is 5.12. The SMILES string of the molecule is C=C=C(/C(=C1\NC(c2ccccc2)=Cc2cc(-c3cccc(-c4cccc(-c5cc(-c6ccccc6)nc(-c6ccccc6)c5)c4)c3)ccc21)c1ccccc1)c1ccccc1. The highest BCUT2D eigenvalue weighted by molar-refractivity contribution is 6.17. The van der Waals surface area contributed by atoms with Crippen LogP contribution >= 0.6 is 0 Å². The molecule has 0 amide bonds. The zero-order valence-electron chi connectivity index (χ0n) is 34.2. The predicted molar refractivity (Wildman–Crippen MR) is 261 cm³/mol. The first kappa shape index (κ1) is 37.9. The Morgan fingerprint density at radius 1 is 0.387 bits per heavy atom. The van der Waals surface area contributed by atoms with E-state index in [0.29, 0.717) is 0 Å². The Labute approximate surface area is 363 Å². The van der Waals surface area contributed by atoms with Crippen molar-refractivity contribution in [3.05, 3.63) is 271 Å². The van der Waals surface area contributed by atoms with Crippen LogP contribution in [0.25, 0.3) is 84.5 Å². The quantitative estimate of drug-likeness (QED) is 0.147. The number of fused-ring (bicyclic) bond motifs is 1. The smallest absolute Gasteiger partial charge is 0.0715 e. The van der Waals surface area contributed by atoms with Crippen molar-refractivity contribution >= 4 is 28.6 Å². The summed E-state index contributed by atoms with van der Waals surface area (Å²) >= 11 is 0. The van der Waals surface area contributed by atoms with Crippen LogP contribution in [0.2, 0.25) is 0 Å². The van der Waals surface area contributed by atoms with E-state index in [1.54, 1.807) is 0 Å². The Kier molecular flexibility index (Phi) is 10.5. The van der Waals surface area contributed by atoms with Crippen LogP contribution in [-0.4, -0.2) is 4.98 Å². The molecular formula is C60H42N2. The fraction of sp³-hybridized carbons (Fsp3) is 0. The van der Waals surface area contributed by atoms with Gasteiger partial charge in [0.25, 0.3) is 0 Å². The van der Waals surface area contributed by atoms with E-state index in [4.69, 9.17) is 4.98 Å². The Morgan fingerprint density at radius 2 is 0.823 bits per heavy atom. The molecule has 1 aliphatic rings. The first-order valence-corrected chi connectivity index (χ1v) is 21.0. The second-order valence-electron chi connectivity index (χ2n) is 15.4. The number of nitrogens with zero attached hydrogens (tertiary/aromatic N) is 1. The lowest BCUT2D eigenvalue weighted by Crippen LogP contribution is -2.18. The molecule has 62 heavy (non-hydrogen) atoms. The fourth-order valence-electron chi connectivity index (χ4n) is 8.38. The van der Waals surface area contributed by atoms with Crippen molar-refractivity contribution in [3.8, 4) is 55.9 Å². The number of benzene rings is 8. The van der Waals surface area contributed by atoms with Gasteiger partial charge in [-0.25, -0.2) is 4.98 Å². The molecule has 292 valence electrons. The molecule has 1 N–H and O–H groups in total. The van der Waals surface area contributed by atoms with Gasteiger partial charge in [-0.2, -0.15) is 0 Å². The molecule has 10 rings (SSSR count). The maximum Gasteiger partial charge on any atom is 0.0715 e. The van der Waals surface area contributed by atoms with E-state index in [0.717, 1.165) is 106 Å². The molecule has 1 aromatic heterocycles. The Hall–Kier alpha value is -8.29. The molecule has 2 nitrogen and oxygen atoms in total. The van der Waals surface area contributed by atoms with Gasteiger partial charge in [0.1, 0.15) is 0 Å². The molecule has 0 saturated heterocycles. The molecule has 0 bridgehead atoms. The average molecular weight is 791 g/mol. The molecule has 0 radical (unpaired) electrons. The number of allylic oxidation sites excluding steroid dienone is 2. The first-order valence-electron chi connectivity index (χ1n) is 21.0. The van der Waals surface area contributed by atoms with Crippen molar-refractivity contribution < 1.29 is 0 Å². The van der Waals surface area contributed by atoms with Crippen LogP contribution in [0.3, 0.4) is 0 Å². The van der Waals surface area contributed by atoms with Gasteiger partial charge in [-0.1, -0.05) is 207 Å². The fourth-order valence-corrected chi connectivity index (χ4v) is 8.38. The molecule has 1 aliphatic heterocycles. The van der Waals surface area contributed by atoms with Crippen molar-refractivity contribution in [1.82, 2.24) is 10.3 Å². The minimum absolute atomic E-state index is 0.943. The highest BCUT2D eigenvalue weighted by atomic mass is 14.9. The first-order chi connectivity index (χ1) is 30.7. The zero-order chi connectivity index (χ0) is 41.7. The van der Waals surface area contributed by atoms with Gasteiger partial charge in [-0.05, 0) is 92.0 Å². The van der Waals surface area contributed by atoms with Gasteiger partial charge in [0.15, 0.2) is 0 Å². The maximum absolute atomic E-state index is 5.12. The third kappa shape index (κ3) is 7.78. The summed E-state index contributed by atoms with van der Waals surface area (Å²) in [5.74, 6) is 0. The number of hydrogen-bond donors (Lipinski definition) is 1. The standard InChI is InChI=1S/C60H42N2/c1-2-54(42-20-8-3-9-21-42)59(46-28-16-7-17-29-46)60-55-35-34-51(38-53(55)41-58(62-60)45-26-14-6-15-27-45)49-32-18-30-47(36-49)48-31-19-33-50(37-48)52-39-56(43-22-10-4-11-23-43)61-57(40-52)44-24-12-5-13-25-44/h3-41,62H,1H2/b60-59-. The van der Waals surface area contributed by atoms with E-state index < -0.39 is 0 Å². The molecule has 9 aromatic rings. The summed E-state index contributed by atoms with van der Waals surface area (Å²) in [6.07, 6.45) is 2.27. The Balaban J connectivity index is 1.07. The van der Waals surface area contributed by atoms with Gasteiger partial charge < -0.3 is 5.32 Å². The van der Waals surface area contributed by atoms with Crippen molar-refractivity contribution in [2.24, 2.45) is 0 Å². The molecule has 0 unspecified atom stereocenters. The number of aromatic nitrogens is 1. The van der Waals surface area contributed by atoms with Crippen LogP contribution in [0.5, 0.6) is 0 Å². The predicted octanol–water partition coefficient (Wildman–Crippen LogP) is 15.3. The summed E-state index contributed by atoms with van der Waals surface area (Å²) in [5, 5.41) is 3.89. The van der Waals surface area contributed by atoms with Crippen LogP contribution in [0.4, 0.5) is 0 Å². The van der Waals surface area contributed by atoms with Crippen LogP contribution < -0.4 is 5.32 Å². The van der Waals surface area contributed by atoms with Gasteiger partial charge in [0.05, 0.1) is 17.1 Å². The highest BCUT2D eigenvalue weighted by Crippen LogP contribution is 2.42. The molecule has 0 spiro atoms. The van der Waals surface area contributed by atoms with E-state index in [-0.39, 0.29) is 0 Å². The van der Waals surface area contributed by atoms with Gasteiger partial charge in [-0.15, -0.1) is 5.73 Å². The van der Waals surface area contributed by atoms with Gasteiger partial charge >= 0.3 is 0 Å². The van der Waals surface area contributed by atoms with E-state index in [1.807, 2.05) is 18.2 Å². The lowest BCUT2D eigenvalue weighted by molar-refractivity contribution is 1.22. The molecule has 8 aromatic carbocycles. The van der Waals surface area contributed by atoms with Crippen molar-refractivity contribution in [1.29, 1.82) is 0 Å². The normalized spacial score (nSPS) is 12.6. The second-order valence-corrected chi connectivity index (χ2v) is 15.4. The topological polar surface area (TPSA) is 24.9 Å². The van der Waals surface area contributed by atoms with E-state index in [1.165, 1.54) is 0 Å². The molecule has 0 saturated carbocycles.